The van der Waals surface area contributed by atoms with E-state index in [9.17, 15) is 0 Å². The van der Waals surface area contributed by atoms with Gasteiger partial charge in [-0.25, -0.2) is 0 Å². The number of hydrogen-bond donors (Lipinski definition) is 1. The van der Waals surface area contributed by atoms with Gasteiger partial charge in [0.05, 0.1) is 8.07 Å². The molecule has 1 aliphatic rings. The molecule has 78 valence electrons. The number of nitrogens with one attached hydrogen (secondary N) is 1. The van der Waals surface area contributed by atoms with Crippen molar-refractivity contribution in [1.29, 1.82) is 0 Å². The largest absolute Gasteiger partial charge is 0.316 e. The molecule has 2 heteroatoms. The summed E-state index contributed by atoms with van der Waals surface area (Å²) in [5, 5.41) is 3.77. The molecule has 0 bridgehead atoms. The van der Waals surface area contributed by atoms with Crippen molar-refractivity contribution in [3.8, 4) is 0 Å². The van der Waals surface area contributed by atoms with Crippen LogP contribution < -0.4 is 5.32 Å². The lowest BCUT2D eigenvalue weighted by Gasteiger charge is -2.30. The molecule has 0 heterocycles. The molecule has 0 aromatic rings. The summed E-state index contributed by atoms with van der Waals surface area (Å²) in [5.41, 5.74) is 0.541. The maximum absolute atomic E-state index is 3.77. The summed E-state index contributed by atoms with van der Waals surface area (Å²) in [4.78, 5) is 0. The minimum Gasteiger partial charge on any atom is -0.316 e. The molecule has 1 rings (SSSR count). The van der Waals surface area contributed by atoms with Crippen LogP contribution >= 0.6 is 0 Å². The molecule has 0 radical (unpaired) electrons. The first kappa shape index (κ1) is 11.3. The second-order valence-electron chi connectivity index (χ2n) is 6.37. The van der Waals surface area contributed by atoms with Crippen molar-refractivity contribution in [2.24, 2.45) is 5.41 Å². The lowest BCUT2D eigenvalue weighted by Crippen LogP contribution is -2.45. The van der Waals surface area contributed by atoms with E-state index >= 15 is 0 Å². The maximum atomic E-state index is 3.77. The Balaban J connectivity index is 2.37. The van der Waals surface area contributed by atoms with Crippen LogP contribution in [-0.2, 0) is 0 Å². The van der Waals surface area contributed by atoms with E-state index in [1.165, 1.54) is 25.4 Å². The number of hydrogen-bond acceptors (Lipinski definition) is 1. The van der Waals surface area contributed by atoms with Gasteiger partial charge in [0.15, 0.2) is 0 Å². The Morgan fingerprint density at radius 3 is 2.31 bits per heavy atom. The molecular formula is C11H25NSi. The molecule has 0 saturated heterocycles. The standard InChI is InChI=1S/C11H25NSi/c1-11(2)8-6-7-10(11)12-9-13(3,4)5/h10,12H,6-9H2,1-5H3. The van der Waals surface area contributed by atoms with E-state index in [0.717, 1.165) is 6.04 Å². The molecule has 0 amide bonds. The highest BCUT2D eigenvalue weighted by Crippen LogP contribution is 2.37. The fourth-order valence-electron chi connectivity index (χ4n) is 2.13. The summed E-state index contributed by atoms with van der Waals surface area (Å²) >= 11 is 0. The maximum Gasteiger partial charge on any atom is 0.0596 e. The van der Waals surface area contributed by atoms with Gasteiger partial charge in [0, 0.05) is 6.04 Å². The van der Waals surface area contributed by atoms with Crippen LogP contribution in [0.2, 0.25) is 19.6 Å². The average Bonchev–Trinajstić information content (AvgIpc) is 2.23. The highest BCUT2D eigenvalue weighted by atomic mass is 28.3. The fourth-order valence-corrected chi connectivity index (χ4v) is 2.99. The normalized spacial score (nSPS) is 27.9. The predicted octanol–water partition coefficient (Wildman–Crippen LogP) is 3.03. The average molecular weight is 199 g/mol. The molecule has 0 spiro atoms. The lowest BCUT2D eigenvalue weighted by molar-refractivity contribution is 0.293. The van der Waals surface area contributed by atoms with E-state index in [-0.39, 0.29) is 0 Å². The first-order valence-corrected chi connectivity index (χ1v) is 9.25. The fraction of sp³-hybridized carbons (Fsp3) is 1.00. The van der Waals surface area contributed by atoms with Gasteiger partial charge in [0.1, 0.15) is 0 Å². The number of rotatable bonds is 3. The third kappa shape index (κ3) is 3.43. The second-order valence-corrected chi connectivity index (χ2v) is 11.8. The van der Waals surface area contributed by atoms with E-state index in [1.54, 1.807) is 0 Å². The van der Waals surface area contributed by atoms with E-state index in [4.69, 9.17) is 0 Å². The van der Waals surface area contributed by atoms with Crippen molar-refractivity contribution in [1.82, 2.24) is 5.32 Å². The Bertz CT molecular complexity index is 169. The summed E-state index contributed by atoms with van der Waals surface area (Å²) in [7, 11) is -0.898. The van der Waals surface area contributed by atoms with Crippen molar-refractivity contribution in [3.63, 3.8) is 0 Å². The SMILES string of the molecule is CC1(C)CCCC1NC[Si](C)(C)C. The Morgan fingerprint density at radius 2 is 1.92 bits per heavy atom. The molecule has 0 aromatic heterocycles. The molecule has 1 aliphatic carbocycles. The molecular weight excluding hydrogens is 174 g/mol. The summed E-state index contributed by atoms with van der Waals surface area (Å²) in [6, 6.07) is 0.777. The van der Waals surface area contributed by atoms with Gasteiger partial charge in [-0.2, -0.15) is 0 Å². The van der Waals surface area contributed by atoms with Gasteiger partial charge in [-0.05, 0) is 24.4 Å². The van der Waals surface area contributed by atoms with E-state index in [2.05, 4.69) is 38.8 Å². The Hall–Kier alpha value is 0.177. The van der Waals surface area contributed by atoms with Crippen LogP contribution in [0.15, 0.2) is 0 Å². The van der Waals surface area contributed by atoms with Crippen molar-refractivity contribution in [3.05, 3.63) is 0 Å². The van der Waals surface area contributed by atoms with Crippen molar-refractivity contribution in [2.75, 3.05) is 6.17 Å². The third-order valence-electron chi connectivity index (χ3n) is 3.14. The first-order chi connectivity index (χ1) is 5.81. The topological polar surface area (TPSA) is 12.0 Å². The van der Waals surface area contributed by atoms with Crippen LogP contribution in [-0.4, -0.2) is 20.3 Å². The first-order valence-electron chi connectivity index (χ1n) is 5.55. The molecule has 1 saturated carbocycles. The van der Waals surface area contributed by atoms with Crippen LogP contribution in [0.25, 0.3) is 0 Å². The highest BCUT2D eigenvalue weighted by Gasteiger charge is 2.34. The molecule has 13 heavy (non-hydrogen) atoms. The van der Waals surface area contributed by atoms with E-state index in [1.807, 2.05) is 0 Å². The smallest absolute Gasteiger partial charge is 0.0596 e. The van der Waals surface area contributed by atoms with Gasteiger partial charge in [0.25, 0.3) is 0 Å². The van der Waals surface area contributed by atoms with Gasteiger partial charge in [-0.3, -0.25) is 0 Å². The minimum absolute atomic E-state index is 0.541. The van der Waals surface area contributed by atoms with Crippen molar-refractivity contribution < 1.29 is 0 Å². The van der Waals surface area contributed by atoms with Crippen molar-refractivity contribution in [2.45, 2.75) is 58.8 Å². The molecule has 1 fully saturated rings. The van der Waals surface area contributed by atoms with Gasteiger partial charge in [-0.15, -0.1) is 0 Å². The summed E-state index contributed by atoms with van der Waals surface area (Å²) in [6.07, 6.45) is 5.48. The molecule has 1 unspecified atom stereocenters. The van der Waals surface area contributed by atoms with Crippen LogP contribution in [0.5, 0.6) is 0 Å². The van der Waals surface area contributed by atoms with Crippen LogP contribution in [0, 0.1) is 5.41 Å². The zero-order valence-electron chi connectivity index (χ0n) is 9.91. The van der Waals surface area contributed by atoms with Gasteiger partial charge < -0.3 is 5.32 Å². The third-order valence-corrected chi connectivity index (χ3v) is 4.40. The highest BCUT2D eigenvalue weighted by molar-refractivity contribution is 6.76. The predicted molar refractivity (Wildman–Crippen MR) is 62.8 cm³/mol. The minimum atomic E-state index is -0.898. The Labute approximate surface area is 84.3 Å². The zero-order chi connectivity index (χ0) is 10.1. The van der Waals surface area contributed by atoms with Gasteiger partial charge in [0.2, 0.25) is 0 Å². The molecule has 1 N–H and O–H groups in total. The molecule has 1 atom stereocenters. The van der Waals surface area contributed by atoms with Crippen LogP contribution in [0.1, 0.15) is 33.1 Å². The van der Waals surface area contributed by atoms with Crippen LogP contribution in [0.4, 0.5) is 0 Å². The summed E-state index contributed by atoms with van der Waals surface area (Å²) < 4.78 is 0. The van der Waals surface area contributed by atoms with E-state index < -0.39 is 8.07 Å². The van der Waals surface area contributed by atoms with Gasteiger partial charge >= 0.3 is 0 Å². The second kappa shape index (κ2) is 3.74. The molecule has 0 aliphatic heterocycles. The van der Waals surface area contributed by atoms with Crippen molar-refractivity contribution >= 4 is 8.07 Å². The molecule has 0 aromatic carbocycles. The summed E-state index contributed by atoms with van der Waals surface area (Å²) in [5.74, 6) is 0. The molecule has 1 nitrogen and oxygen atoms in total. The summed E-state index contributed by atoms with van der Waals surface area (Å²) in [6.45, 7) is 12.1. The zero-order valence-corrected chi connectivity index (χ0v) is 10.9. The Kier molecular flexibility index (Phi) is 3.23. The van der Waals surface area contributed by atoms with Gasteiger partial charge in [-0.1, -0.05) is 39.9 Å². The van der Waals surface area contributed by atoms with E-state index in [0.29, 0.717) is 5.41 Å². The van der Waals surface area contributed by atoms with Crippen LogP contribution in [0.3, 0.4) is 0 Å². The Morgan fingerprint density at radius 1 is 1.31 bits per heavy atom. The lowest BCUT2D eigenvalue weighted by atomic mass is 9.88. The quantitative estimate of drug-likeness (QED) is 0.689. The monoisotopic (exact) mass is 199 g/mol.